The number of hydrogen-bond acceptors (Lipinski definition) is 3. The molecule has 1 aliphatic heterocycles. The van der Waals surface area contributed by atoms with Crippen LogP contribution in [-0.4, -0.2) is 41.4 Å². The number of carbonyl (C=O) groups is 1. The van der Waals surface area contributed by atoms with Gasteiger partial charge in [0.1, 0.15) is 0 Å². The summed E-state index contributed by atoms with van der Waals surface area (Å²) in [4.78, 5) is 17.5. The number of carbonyl (C=O) groups excluding carboxylic acids is 1. The first kappa shape index (κ1) is 18.6. The molecule has 26 heavy (non-hydrogen) atoms. The zero-order valence-electron chi connectivity index (χ0n) is 15.6. The quantitative estimate of drug-likeness (QED) is 0.834. The summed E-state index contributed by atoms with van der Waals surface area (Å²) in [6.07, 6.45) is 1.84. The Balaban J connectivity index is 1.69. The number of hydrogen-bond donors (Lipinski definition) is 1. The van der Waals surface area contributed by atoms with Crippen LogP contribution in [0.5, 0.6) is 0 Å². The van der Waals surface area contributed by atoms with Crippen LogP contribution in [0.2, 0.25) is 0 Å². The number of benzene rings is 2. The summed E-state index contributed by atoms with van der Waals surface area (Å²) in [6, 6.07) is 18.6. The van der Waals surface area contributed by atoms with E-state index < -0.39 is 0 Å². The average molecular weight is 351 g/mol. The van der Waals surface area contributed by atoms with Crippen molar-refractivity contribution in [3.63, 3.8) is 0 Å². The number of rotatable bonds is 7. The van der Waals surface area contributed by atoms with Gasteiger partial charge >= 0.3 is 0 Å². The molecular formula is C22H29N3O. The fourth-order valence-electron chi connectivity index (χ4n) is 3.62. The molecule has 138 valence electrons. The average Bonchev–Trinajstić information content (AvgIpc) is 2.70. The van der Waals surface area contributed by atoms with Crippen molar-refractivity contribution in [1.82, 2.24) is 9.80 Å². The van der Waals surface area contributed by atoms with Crippen LogP contribution in [0.1, 0.15) is 30.0 Å². The van der Waals surface area contributed by atoms with Gasteiger partial charge < -0.3 is 10.6 Å². The molecule has 1 aliphatic rings. The van der Waals surface area contributed by atoms with Gasteiger partial charge in [0.15, 0.2) is 0 Å². The Bertz CT molecular complexity index is 716. The Morgan fingerprint density at radius 1 is 1.12 bits per heavy atom. The lowest BCUT2D eigenvalue weighted by atomic mass is 9.98. The van der Waals surface area contributed by atoms with Crippen molar-refractivity contribution in [1.29, 1.82) is 0 Å². The minimum absolute atomic E-state index is 0.121. The van der Waals surface area contributed by atoms with Crippen LogP contribution >= 0.6 is 0 Å². The lowest BCUT2D eigenvalue weighted by Gasteiger charge is -2.36. The van der Waals surface area contributed by atoms with Gasteiger partial charge in [-0.1, -0.05) is 54.6 Å². The third-order valence-electron chi connectivity index (χ3n) is 5.23. The Hall–Kier alpha value is -2.17. The predicted molar refractivity (Wildman–Crippen MR) is 106 cm³/mol. The maximum Gasteiger partial charge on any atom is 0.239 e. The second kappa shape index (κ2) is 8.97. The van der Waals surface area contributed by atoms with Crippen LogP contribution in [0.25, 0.3) is 0 Å². The molecule has 1 unspecified atom stereocenters. The minimum atomic E-state index is -0.121. The highest BCUT2D eigenvalue weighted by Crippen LogP contribution is 2.21. The van der Waals surface area contributed by atoms with E-state index in [1.165, 1.54) is 11.1 Å². The highest BCUT2D eigenvalue weighted by Gasteiger charge is 2.28. The van der Waals surface area contributed by atoms with Crippen LogP contribution in [-0.2, 0) is 24.3 Å². The van der Waals surface area contributed by atoms with E-state index in [0.29, 0.717) is 19.6 Å². The van der Waals surface area contributed by atoms with Gasteiger partial charge in [-0.25, -0.2) is 0 Å². The summed E-state index contributed by atoms with van der Waals surface area (Å²) < 4.78 is 0. The molecule has 0 saturated heterocycles. The molecule has 0 radical (unpaired) electrons. The smallest absolute Gasteiger partial charge is 0.239 e. The van der Waals surface area contributed by atoms with Crippen LogP contribution in [0, 0.1) is 0 Å². The largest absolute Gasteiger partial charge is 0.337 e. The number of fused-ring (bicyclic) bond motifs is 1. The molecule has 1 atom stereocenters. The van der Waals surface area contributed by atoms with Crippen molar-refractivity contribution in [2.75, 3.05) is 19.6 Å². The van der Waals surface area contributed by atoms with Crippen molar-refractivity contribution in [3.05, 3.63) is 71.3 Å². The van der Waals surface area contributed by atoms with Crippen molar-refractivity contribution in [2.45, 2.75) is 38.9 Å². The predicted octanol–water partition coefficient (Wildman–Crippen LogP) is 2.81. The summed E-state index contributed by atoms with van der Waals surface area (Å²) in [6.45, 7) is 5.77. The number of nitrogens with zero attached hydrogens (tertiary/aromatic N) is 2. The first-order valence-electron chi connectivity index (χ1n) is 9.52. The molecule has 3 rings (SSSR count). The van der Waals surface area contributed by atoms with Gasteiger partial charge in [-0.05, 0) is 43.0 Å². The van der Waals surface area contributed by atoms with Crippen LogP contribution in [0.15, 0.2) is 54.6 Å². The molecule has 1 heterocycles. The van der Waals surface area contributed by atoms with E-state index >= 15 is 0 Å². The van der Waals surface area contributed by atoms with Crippen molar-refractivity contribution in [3.8, 4) is 0 Å². The molecule has 4 heteroatoms. The van der Waals surface area contributed by atoms with Crippen molar-refractivity contribution < 1.29 is 4.79 Å². The number of amides is 1. The molecule has 0 saturated carbocycles. The van der Waals surface area contributed by atoms with Crippen LogP contribution < -0.4 is 5.73 Å². The monoisotopic (exact) mass is 351 g/mol. The van der Waals surface area contributed by atoms with E-state index in [0.717, 1.165) is 31.5 Å². The molecule has 2 aromatic rings. The molecule has 0 fully saturated rings. The minimum Gasteiger partial charge on any atom is -0.337 e. The van der Waals surface area contributed by atoms with Crippen LogP contribution in [0.4, 0.5) is 0 Å². The molecule has 0 aliphatic carbocycles. The van der Waals surface area contributed by atoms with Crippen molar-refractivity contribution >= 4 is 5.91 Å². The van der Waals surface area contributed by atoms with Gasteiger partial charge in [0.25, 0.3) is 0 Å². The van der Waals surface area contributed by atoms with E-state index in [1.807, 2.05) is 30.0 Å². The van der Waals surface area contributed by atoms with E-state index in [9.17, 15) is 4.79 Å². The summed E-state index contributed by atoms with van der Waals surface area (Å²) in [7, 11) is 0. The number of nitrogens with two attached hydrogens (primary N) is 1. The molecule has 2 aromatic carbocycles. The summed E-state index contributed by atoms with van der Waals surface area (Å²) in [5.41, 5.74) is 9.61. The van der Waals surface area contributed by atoms with E-state index in [4.69, 9.17) is 5.73 Å². The molecule has 0 spiro atoms. The normalized spacial score (nSPS) is 15.3. The van der Waals surface area contributed by atoms with Gasteiger partial charge in [0, 0.05) is 26.2 Å². The maximum atomic E-state index is 13.2. The lowest BCUT2D eigenvalue weighted by molar-refractivity contribution is -0.137. The third kappa shape index (κ3) is 4.51. The first-order valence-corrected chi connectivity index (χ1v) is 9.52. The molecular weight excluding hydrogens is 322 g/mol. The summed E-state index contributed by atoms with van der Waals surface area (Å²) in [5, 5.41) is 0. The van der Waals surface area contributed by atoms with Gasteiger partial charge in [-0.15, -0.1) is 0 Å². The van der Waals surface area contributed by atoms with Gasteiger partial charge in [0.2, 0.25) is 5.91 Å². The van der Waals surface area contributed by atoms with E-state index in [1.54, 1.807) is 0 Å². The maximum absolute atomic E-state index is 13.2. The zero-order valence-corrected chi connectivity index (χ0v) is 15.6. The highest BCUT2D eigenvalue weighted by atomic mass is 16.2. The molecule has 0 aromatic heterocycles. The fraction of sp³-hybridized carbons (Fsp3) is 0.409. The topological polar surface area (TPSA) is 49.6 Å². The molecule has 0 bridgehead atoms. The fourth-order valence-corrected chi connectivity index (χ4v) is 3.62. The molecule has 4 nitrogen and oxygen atoms in total. The molecule has 1 amide bonds. The van der Waals surface area contributed by atoms with E-state index in [-0.39, 0.29) is 11.9 Å². The Kier molecular flexibility index (Phi) is 6.42. The second-order valence-corrected chi connectivity index (χ2v) is 7.05. The Labute approximate surface area is 156 Å². The second-order valence-electron chi connectivity index (χ2n) is 7.05. The SMILES string of the molecule is CC(C(=O)N(CCCN)Cc1ccccc1)N1CCc2ccccc2C1. The van der Waals surface area contributed by atoms with Crippen LogP contribution in [0.3, 0.4) is 0 Å². The molecule has 2 N–H and O–H groups in total. The van der Waals surface area contributed by atoms with Crippen molar-refractivity contribution in [2.24, 2.45) is 5.73 Å². The standard InChI is InChI=1S/C22H29N3O/c1-18(24-15-12-20-10-5-6-11-21(20)17-24)22(26)25(14-7-13-23)16-19-8-3-2-4-9-19/h2-6,8-11,18H,7,12-17,23H2,1H3. The van der Waals surface area contributed by atoms with Gasteiger partial charge in [-0.3, -0.25) is 9.69 Å². The Morgan fingerprint density at radius 3 is 2.54 bits per heavy atom. The highest BCUT2D eigenvalue weighted by molar-refractivity contribution is 5.81. The zero-order chi connectivity index (χ0) is 18.4. The summed E-state index contributed by atoms with van der Waals surface area (Å²) >= 11 is 0. The van der Waals surface area contributed by atoms with Gasteiger partial charge in [0.05, 0.1) is 6.04 Å². The third-order valence-corrected chi connectivity index (χ3v) is 5.23. The van der Waals surface area contributed by atoms with E-state index in [2.05, 4.69) is 41.3 Å². The first-order chi connectivity index (χ1) is 12.7. The lowest BCUT2D eigenvalue weighted by Crippen LogP contribution is -2.48. The Morgan fingerprint density at radius 2 is 1.81 bits per heavy atom. The van der Waals surface area contributed by atoms with Gasteiger partial charge in [-0.2, -0.15) is 0 Å². The summed E-state index contributed by atoms with van der Waals surface area (Å²) in [5.74, 6) is 0.196.